The minimum Gasteiger partial charge on any atom is -0.399 e. The van der Waals surface area contributed by atoms with Crippen molar-refractivity contribution >= 4 is 11.4 Å². The largest absolute Gasteiger partial charge is 0.399 e. The second-order valence-corrected chi connectivity index (χ2v) is 3.80. The van der Waals surface area contributed by atoms with E-state index in [-0.39, 0.29) is 17.9 Å². The number of nitrogen functional groups attached to an aromatic ring is 1. The van der Waals surface area contributed by atoms with E-state index in [2.05, 4.69) is 5.32 Å². The Kier molecular flexibility index (Phi) is 3.41. The molecule has 3 N–H and O–H groups in total. The summed E-state index contributed by atoms with van der Waals surface area (Å²) in [6.07, 6.45) is 0. The standard InChI is InChI=1S/C13H11F3N2/c14-10-4-2-1-3-8(10)7-18-13-11(15)5-9(17)6-12(13)16/h1-6,18H,7,17H2. The third-order valence-corrected chi connectivity index (χ3v) is 2.48. The highest BCUT2D eigenvalue weighted by Gasteiger charge is 2.10. The lowest BCUT2D eigenvalue weighted by Crippen LogP contribution is -2.06. The molecule has 94 valence electrons. The van der Waals surface area contributed by atoms with Gasteiger partial charge < -0.3 is 11.1 Å². The average Bonchev–Trinajstić information content (AvgIpc) is 2.30. The number of halogens is 3. The van der Waals surface area contributed by atoms with Crippen LogP contribution in [0.25, 0.3) is 0 Å². The molecule has 0 saturated carbocycles. The van der Waals surface area contributed by atoms with Gasteiger partial charge in [0.05, 0.1) is 0 Å². The molecule has 2 aromatic carbocycles. The fourth-order valence-corrected chi connectivity index (χ4v) is 1.59. The Morgan fingerprint density at radius 2 is 1.56 bits per heavy atom. The normalized spacial score (nSPS) is 10.4. The fourth-order valence-electron chi connectivity index (χ4n) is 1.59. The summed E-state index contributed by atoms with van der Waals surface area (Å²) in [7, 11) is 0. The van der Waals surface area contributed by atoms with Gasteiger partial charge in [-0.3, -0.25) is 0 Å². The first-order valence-electron chi connectivity index (χ1n) is 5.29. The quantitative estimate of drug-likeness (QED) is 0.822. The number of anilines is 2. The van der Waals surface area contributed by atoms with Gasteiger partial charge in [-0.2, -0.15) is 0 Å². The molecule has 0 bridgehead atoms. The molecule has 0 aliphatic carbocycles. The summed E-state index contributed by atoms with van der Waals surface area (Å²) < 4.78 is 40.2. The summed E-state index contributed by atoms with van der Waals surface area (Å²) in [6.45, 7) is -0.00949. The Bertz CT molecular complexity index is 547. The predicted molar refractivity (Wildman–Crippen MR) is 64.5 cm³/mol. The predicted octanol–water partition coefficient (Wildman–Crippen LogP) is 3.30. The van der Waals surface area contributed by atoms with Crippen LogP contribution in [0, 0.1) is 17.5 Å². The summed E-state index contributed by atoms with van der Waals surface area (Å²) in [5.41, 5.74) is 5.31. The van der Waals surface area contributed by atoms with E-state index >= 15 is 0 Å². The highest BCUT2D eigenvalue weighted by atomic mass is 19.1. The number of benzene rings is 2. The molecule has 0 aliphatic heterocycles. The van der Waals surface area contributed by atoms with E-state index in [1.54, 1.807) is 12.1 Å². The van der Waals surface area contributed by atoms with Crippen molar-refractivity contribution in [1.82, 2.24) is 0 Å². The Labute approximate surface area is 102 Å². The molecule has 0 radical (unpaired) electrons. The molecule has 2 aromatic rings. The highest BCUT2D eigenvalue weighted by molar-refractivity contribution is 5.54. The number of hydrogen-bond acceptors (Lipinski definition) is 2. The van der Waals surface area contributed by atoms with Crippen LogP contribution >= 0.6 is 0 Å². The van der Waals surface area contributed by atoms with Crippen LogP contribution in [0.4, 0.5) is 24.5 Å². The molecule has 0 heterocycles. The molecular weight excluding hydrogens is 241 g/mol. The second kappa shape index (κ2) is 5.00. The number of rotatable bonds is 3. The summed E-state index contributed by atoms with van der Waals surface area (Å²) in [4.78, 5) is 0. The van der Waals surface area contributed by atoms with Crippen molar-refractivity contribution < 1.29 is 13.2 Å². The molecule has 0 amide bonds. The topological polar surface area (TPSA) is 38.0 Å². The molecule has 0 saturated heterocycles. The lowest BCUT2D eigenvalue weighted by molar-refractivity contribution is 0.586. The van der Waals surface area contributed by atoms with Gasteiger partial charge in [-0.25, -0.2) is 13.2 Å². The number of nitrogens with one attached hydrogen (secondary N) is 1. The molecule has 18 heavy (non-hydrogen) atoms. The smallest absolute Gasteiger partial charge is 0.151 e. The maximum atomic E-state index is 13.4. The molecular formula is C13H11F3N2. The summed E-state index contributed by atoms with van der Waals surface area (Å²) in [5.74, 6) is -2.03. The zero-order valence-electron chi connectivity index (χ0n) is 9.38. The van der Waals surface area contributed by atoms with E-state index in [1.165, 1.54) is 12.1 Å². The monoisotopic (exact) mass is 252 g/mol. The van der Waals surface area contributed by atoms with Crippen LogP contribution in [0.15, 0.2) is 36.4 Å². The van der Waals surface area contributed by atoms with Crippen LogP contribution in [-0.2, 0) is 6.54 Å². The lowest BCUT2D eigenvalue weighted by atomic mass is 10.2. The number of nitrogens with two attached hydrogens (primary N) is 1. The van der Waals surface area contributed by atoms with Crippen LogP contribution in [0.1, 0.15) is 5.56 Å². The first-order chi connectivity index (χ1) is 8.58. The van der Waals surface area contributed by atoms with Crippen molar-refractivity contribution in [3.8, 4) is 0 Å². The van der Waals surface area contributed by atoms with Gasteiger partial charge in [-0.15, -0.1) is 0 Å². The van der Waals surface area contributed by atoms with Gasteiger partial charge >= 0.3 is 0 Å². The molecule has 0 aromatic heterocycles. The fraction of sp³-hybridized carbons (Fsp3) is 0.0769. The lowest BCUT2D eigenvalue weighted by Gasteiger charge is -2.10. The van der Waals surface area contributed by atoms with Gasteiger partial charge in [0, 0.05) is 17.8 Å². The van der Waals surface area contributed by atoms with Crippen LogP contribution < -0.4 is 11.1 Å². The molecule has 5 heteroatoms. The first kappa shape index (κ1) is 12.3. The van der Waals surface area contributed by atoms with E-state index in [4.69, 9.17) is 5.73 Å². The van der Waals surface area contributed by atoms with Crippen LogP contribution in [0.5, 0.6) is 0 Å². The summed E-state index contributed by atoms with van der Waals surface area (Å²) >= 11 is 0. The summed E-state index contributed by atoms with van der Waals surface area (Å²) in [6, 6.07) is 8.03. The van der Waals surface area contributed by atoms with Gasteiger partial charge in [0.2, 0.25) is 0 Å². The van der Waals surface area contributed by atoms with Crippen molar-refractivity contribution in [2.24, 2.45) is 0 Å². The molecule has 2 rings (SSSR count). The highest BCUT2D eigenvalue weighted by Crippen LogP contribution is 2.22. The molecule has 0 atom stereocenters. The van der Waals surface area contributed by atoms with Crippen LogP contribution in [0.2, 0.25) is 0 Å². The van der Waals surface area contributed by atoms with Gasteiger partial charge in [0.1, 0.15) is 11.5 Å². The van der Waals surface area contributed by atoms with E-state index in [0.717, 1.165) is 12.1 Å². The van der Waals surface area contributed by atoms with Crippen molar-refractivity contribution in [2.75, 3.05) is 11.1 Å². The molecule has 0 spiro atoms. The third-order valence-electron chi connectivity index (χ3n) is 2.48. The van der Waals surface area contributed by atoms with Crippen LogP contribution in [0.3, 0.4) is 0 Å². The summed E-state index contributed by atoms with van der Waals surface area (Å²) in [5, 5.41) is 2.52. The zero-order valence-corrected chi connectivity index (χ0v) is 9.38. The Morgan fingerprint density at radius 1 is 0.944 bits per heavy atom. The van der Waals surface area contributed by atoms with E-state index in [9.17, 15) is 13.2 Å². The van der Waals surface area contributed by atoms with Gasteiger partial charge in [-0.05, 0) is 18.2 Å². The van der Waals surface area contributed by atoms with E-state index < -0.39 is 17.5 Å². The van der Waals surface area contributed by atoms with Crippen molar-refractivity contribution in [3.63, 3.8) is 0 Å². The minimum atomic E-state index is -0.802. The molecule has 0 fully saturated rings. The molecule has 0 aliphatic rings. The maximum Gasteiger partial charge on any atom is 0.151 e. The first-order valence-corrected chi connectivity index (χ1v) is 5.29. The van der Waals surface area contributed by atoms with Crippen molar-refractivity contribution in [1.29, 1.82) is 0 Å². The van der Waals surface area contributed by atoms with E-state index in [1.807, 2.05) is 0 Å². The minimum absolute atomic E-state index is 0.00133. The van der Waals surface area contributed by atoms with Crippen LogP contribution in [-0.4, -0.2) is 0 Å². The Hall–Kier alpha value is -2.17. The SMILES string of the molecule is Nc1cc(F)c(NCc2ccccc2F)c(F)c1. The Balaban J connectivity index is 2.19. The zero-order chi connectivity index (χ0) is 13.1. The van der Waals surface area contributed by atoms with Gasteiger partial charge in [0.25, 0.3) is 0 Å². The number of hydrogen-bond donors (Lipinski definition) is 2. The molecule has 2 nitrogen and oxygen atoms in total. The van der Waals surface area contributed by atoms with Crippen molar-refractivity contribution in [2.45, 2.75) is 6.54 Å². The van der Waals surface area contributed by atoms with E-state index in [0.29, 0.717) is 5.56 Å². The van der Waals surface area contributed by atoms with Gasteiger partial charge in [0.15, 0.2) is 11.6 Å². The third kappa shape index (κ3) is 2.56. The Morgan fingerprint density at radius 3 is 2.17 bits per heavy atom. The van der Waals surface area contributed by atoms with Gasteiger partial charge in [-0.1, -0.05) is 18.2 Å². The molecule has 0 unspecified atom stereocenters. The average molecular weight is 252 g/mol. The second-order valence-electron chi connectivity index (χ2n) is 3.80. The van der Waals surface area contributed by atoms with Crippen molar-refractivity contribution in [3.05, 3.63) is 59.4 Å². The maximum absolute atomic E-state index is 13.4.